The van der Waals surface area contributed by atoms with Crippen LogP contribution in [0.1, 0.15) is 50.2 Å². The summed E-state index contributed by atoms with van der Waals surface area (Å²) in [6, 6.07) is 8.70. The number of nitrogens with zero attached hydrogens (tertiary/aromatic N) is 5. The summed E-state index contributed by atoms with van der Waals surface area (Å²) in [5, 5.41) is 7.29. The number of para-hydroxylation sites is 2. The summed E-state index contributed by atoms with van der Waals surface area (Å²) in [5.74, 6) is 1.50. The maximum absolute atomic E-state index is 12.6. The van der Waals surface area contributed by atoms with Crippen LogP contribution in [0.3, 0.4) is 0 Å². The van der Waals surface area contributed by atoms with Crippen molar-refractivity contribution in [1.29, 1.82) is 0 Å². The van der Waals surface area contributed by atoms with Crippen LogP contribution in [0, 0.1) is 6.92 Å². The molecule has 1 aliphatic rings. The number of nitrogens with one attached hydrogen (secondary N) is 1. The Morgan fingerprint density at radius 3 is 2.83 bits per heavy atom. The third-order valence-corrected chi connectivity index (χ3v) is 5.66. The first-order valence-electron chi connectivity index (χ1n) is 10.4. The summed E-state index contributed by atoms with van der Waals surface area (Å²) < 4.78 is 4.08. The van der Waals surface area contributed by atoms with Crippen LogP contribution in [-0.4, -0.2) is 49.8 Å². The van der Waals surface area contributed by atoms with Crippen LogP contribution < -0.4 is 5.32 Å². The first kappa shape index (κ1) is 19.6. The van der Waals surface area contributed by atoms with E-state index in [0.29, 0.717) is 18.5 Å². The summed E-state index contributed by atoms with van der Waals surface area (Å²) in [6.07, 6.45) is 4.03. The fraction of sp³-hybridized carbons (Fsp3) is 0.500. The van der Waals surface area contributed by atoms with Crippen LogP contribution in [0.5, 0.6) is 0 Å². The van der Waals surface area contributed by atoms with Crippen LogP contribution in [0.25, 0.3) is 11.0 Å². The Hall–Kier alpha value is -2.67. The first-order chi connectivity index (χ1) is 13.9. The van der Waals surface area contributed by atoms with Gasteiger partial charge in [-0.1, -0.05) is 12.1 Å². The molecule has 3 heterocycles. The Morgan fingerprint density at radius 1 is 1.31 bits per heavy atom. The molecule has 29 heavy (non-hydrogen) atoms. The Balaban J connectivity index is 1.49. The Morgan fingerprint density at radius 2 is 2.10 bits per heavy atom. The number of likely N-dealkylation sites (tertiary alicyclic amines) is 1. The SMILES string of the molecule is Cc1nn(C)cc1NC(=O)CN1CCCC(c2nc3ccccc3n2C(C)C)C1. The van der Waals surface area contributed by atoms with Crippen molar-refractivity contribution in [1.82, 2.24) is 24.2 Å². The average molecular weight is 395 g/mol. The summed E-state index contributed by atoms with van der Waals surface area (Å²) in [7, 11) is 1.86. The molecule has 0 spiro atoms. The number of carbonyl (C=O) groups excluding carboxylic acids is 1. The van der Waals surface area contributed by atoms with Gasteiger partial charge in [0.25, 0.3) is 0 Å². The van der Waals surface area contributed by atoms with Crippen LogP contribution in [0.15, 0.2) is 30.5 Å². The number of amides is 1. The van der Waals surface area contributed by atoms with Gasteiger partial charge in [0, 0.05) is 31.7 Å². The molecule has 1 fully saturated rings. The summed E-state index contributed by atoms with van der Waals surface area (Å²) in [6.45, 7) is 8.52. The average Bonchev–Trinajstić information content (AvgIpc) is 3.21. The summed E-state index contributed by atoms with van der Waals surface area (Å²) in [4.78, 5) is 19.8. The molecular formula is C22H30N6O. The smallest absolute Gasteiger partial charge is 0.238 e. The minimum Gasteiger partial charge on any atom is -0.325 e. The highest BCUT2D eigenvalue weighted by Crippen LogP contribution is 2.31. The van der Waals surface area contributed by atoms with E-state index in [0.717, 1.165) is 48.7 Å². The maximum atomic E-state index is 12.6. The Bertz CT molecular complexity index is 1020. The minimum atomic E-state index is 0.0131. The number of carbonyl (C=O) groups is 1. The summed E-state index contributed by atoms with van der Waals surface area (Å²) in [5.41, 5.74) is 3.87. The monoisotopic (exact) mass is 394 g/mol. The number of benzene rings is 1. The number of hydrogen-bond donors (Lipinski definition) is 1. The molecule has 2 aromatic heterocycles. The van der Waals surface area contributed by atoms with Gasteiger partial charge >= 0.3 is 0 Å². The molecule has 1 saturated heterocycles. The second-order valence-corrected chi connectivity index (χ2v) is 8.35. The molecule has 1 unspecified atom stereocenters. The molecule has 7 nitrogen and oxygen atoms in total. The van der Waals surface area contributed by atoms with E-state index in [9.17, 15) is 4.79 Å². The van der Waals surface area contributed by atoms with Crippen molar-refractivity contribution in [2.24, 2.45) is 7.05 Å². The van der Waals surface area contributed by atoms with E-state index in [1.54, 1.807) is 4.68 Å². The number of rotatable bonds is 5. The molecule has 1 atom stereocenters. The number of aromatic nitrogens is 4. The molecule has 4 rings (SSSR count). The van der Waals surface area contributed by atoms with E-state index in [2.05, 4.69) is 51.9 Å². The van der Waals surface area contributed by atoms with Crippen molar-refractivity contribution in [2.75, 3.05) is 25.0 Å². The fourth-order valence-corrected chi connectivity index (χ4v) is 4.42. The van der Waals surface area contributed by atoms with Gasteiger partial charge in [0.05, 0.1) is 29.0 Å². The van der Waals surface area contributed by atoms with Gasteiger partial charge in [-0.3, -0.25) is 14.4 Å². The molecule has 0 bridgehead atoms. The number of piperidine rings is 1. The first-order valence-corrected chi connectivity index (χ1v) is 10.4. The maximum Gasteiger partial charge on any atom is 0.238 e. The van der Waals surface area contributed by atoms with Gasteiger partial charge < -0.3 is 9.88 Å². The van der Waals surface area contributed by atoms with Gasteiger partial charge in [-0.2, -0.15) is 5.10 Å². The number of anilines is 1. The Kier molecular flexibility index (Phi) is 5.41. The largest absolute Gasteiger partial charge is 0.325 e. The van der Waals surface area contributed by atoms with Crippen LogP contribution >= 0.6 is 0 Å². The molecular weight excluding hydrogens is 364 g/mol. The predicted octanol–water partition coefficient (Wildman–Crippen LogP) is 3.48. The topological polar surface area (TPSA) is 68.0 Å². The molecule has 7 heteroatoms. The number of aryl methyl sites for hydroxylation is 2. The quantitative estimate of drug-likeness (QED) is 0.719. The van der Waals surface area contributed by atoms with Gasteiger partial charge in [-0.15, -0.1) is 0 Å². The lowest BCUT2D eigenvalue weighted by molar-refractivity contribution is -0.117. The fourth-order valence-electron chi connectivity index (χ4n) is 4.42. The normalized spacial score (nSPS) is 17.9. The van der Waals surface area contributed by atoms with E-state index in [-0.39, 0.29) is 5.91 Å². The lowest BCUT2D eigenvalue weighted by Crippen LogP contribution is -2.40. The predicted molar refractivity (Wildman–Crippen MR) is 115 cm³/mol. The van der Waals surface area contributed by atoms with Gasteiger partial charge in [0.1, 0.15) is 5.82 Å². The third kappa shape index (κ3) is 4.05. The second-order valence-electron chi connectivity index (χ2n) is 8.35. The van der Waals surface area contributed by atoms with E-state index in [4.69, 9.17) is 4.98 Å². The zero-order valence-corrected chi connectivity index (χ0v) is 17.7. The van der Waals surface area contributed by atoms with Gasteiger partial charge in [0.2, 0.25) is 5.91 Å². The van der Waals surface area contributed by atoms with E-state index in [1.165, 1.54) is 5.52 Å². The molecule has 1 aliphatic heterocycles. The lowest BCUT2D eigenvalue weighted by atomic mass is 9.97. The van der Waals surface area contributed by atoms with Crippen molar-refractivity contribution >= 4 is 22.6 Å². The van der Waals surface area contributed by atoms with Crippen molar-refractivity contribution in [3.8, 4) is 0 Å². The number of hydrogen-bond acceptors (Lipinski definition) is 4. The molecule has 0 saturated carbocycles. The Labute approximate surface area is 171 Å². The molecule has 3 aromatic rings. The van der Waals surface area contributed by atoms with Gasteiger partial charge in [0.15, 0.2) is 0 Å². The van der Waals surface area contributed by atoms with Crippen molar-refractivity contribution < 1.29 is 4.79 Å². The highest BCUT2D eigenvalue weighted by atomic mass is 16.2. The van der Waals surface area contributed by atoms with E-state index in [1.807, 2.05) is 26.2 Å². The number of imidazole rings is 1. The zero-order valence-electron chi connectivity index (χ0n) is 17.7. The van der Waals surface area contributed by atoms with Gasteiger partial charge in [-0.25, -0.2) is 4.98 Å². The van der Waals surface area contributed by atoms with Crippen LogP contribution in [-0.2, 0) is 11.8 Å². The lowest BCUT2D eigenvalue weighted by Gasteiger charge is -2.32. The zero-order chi connectivity index (χ0) is 20.5. The standard InChI is InChI=1S/C22H30N6O/c1-15(2)28-20-10-6-5-9-18(20)24-22(28)17-8-7-11-27(12-17)14-21(29)23-19-13-26(4)25-16(19)3/h5-6,9-10,13,15,17H,7-8,11-12,14H2,1-4H3,(H,23,29). The molecule has 0 aliphatic carbocycles. The van der Waals surface area contributed by atoms with Gasteiger partial charge in [-0.05, 0) is 52.3 Å². The highest BCUT2D eigenvalue weighted by molar-refractivity contribution is 5.92. The van der Waals surface area contributed by atoms with Crippen LogP contribution in [0.4, 0.5) is 5.69 Å². The van der Waals surface area contributed by atoms with Crippen LogP contribution in [0.2, 0.25) is 0 Å². The third-order valence-electron chi connectivity index (χ3n) is 5.66. The van der Waals surface area contributed by atoms with E-state index < -0.39 is 0 Å². The van der Waals surface area contributed by atoms with Crippen molar-refractivity contribution in [2.45, 2.75) is 45.6 Å². The van der Waals surface area contributed by atoms with E-state index >= 15 is 0 Å². The molecule has 1 amide bonds. The highest BCUT2D eigenvalue weighted by Gasteiger charge is 2.28. The second kappa shape index (κ2) is 7.99. The van der Waals surface area contributed by atoms with Crippen molar-refractivity contribution in [3.63, 3.8) is 0 Å². The minimum absolute atomic E-state index is 0.0131. The summed E-state index contributed by atoms with van der Waals surface area (Å²) >= 11 is 0. The molecule has 1 aromatic carbocycles. The number of fused-ring (bicyclic) bond motifs is 1. The molecule has 154 valence electrons. The molecule has 0 radical (unpaired) electrons. The van der Waals surface area contributed by atoms with Crippen molar-refractivity contribution in [3.05, 3.63) is 42.0 Å². The molecule has 1 N–H and O–H groups in total.